The topological polar surface area (TPSA) is 69.1 Å². The maximum Gasteiger partial charge on any atom is 0.416 e. The van der Waals surface area contributed by atoms with Crippen molar-refractivity contribution in [1.29, 1.82) is 0 Å². The quantitative estimate of drug-likeness (QED) is 0.738. The van der Waals surface area contributed by atoms with Crippen molar-refractivity contribution in [3.05, 3.63) is 29.6 Å². The van der Waals surface area contributed by atoms with Gasteiger partial charge in [-0.3, -0.25) is 0 Å². The van der Waals surface area contributed by atoms with Crippen molar-refractivity contribution in [2.75, 3.05) is 5.73 Å². The van der Waals surface area contributed by atoms with Crippen LogP contribution in [0.1, 0.15) is 18.3 Å². The van der Waals surface area contributed by atoms with Crippen molar-refractivity contribution >= 4 is 22.0 Å². The van der Waals surface area contributed by atoms with Crippen LogP contribution < -0.4 is 5.73 Å². The number of rotatable bonds is 2. The highest BCUT2D eigenvalue weighted by atomic mass is 32.1. The minimum Gasteiger partial charge on any atom is -0.398 e. The second kappa shape index (κ2) is 4.69. The van der Waals surface area contributed by atoms with Crippen LogP contribution in [-0.2, 0) is 12.6 Å². The number of nitrogen functional groups attached to an aromatic ring is 1. The Kier molecular flexibility index (Phi) is 3.08. The van der Waals surface area contributed by atoms with E-state index in [0.717, 1.165) is 12.1 Å². The Morgan fingerprint density at radius 3 is 2.67 bits per heavy atom. The number of aryl methyl sites for hydroxylation is 1. The number of hydrogen-bond donors (Lipinski definition) is 1. The molecule has 2 aromatic heterocycles. The summed E-state index contributed by atoms with van der Waals surface area (Å²) in [4.78, 5) is 0.584. The maximum atomic E-state index is 12.6. The zero-order chi connectivity index (χ0) is 15.2. The van der Waals surface area contributed by atoms with Crippen molar-refractivity contribution in [2.24, 2.45) is 0 Å². The third-order valence-corrected chi connectivity index (χ3v) is 3.91. The fourth-order valence-electron chi connectivity index (χ4n) is 1.92. The molecule has 2 heterocycles. The van der Waals surface area contributed by atoms with E-state index in [1.807, 2.05) is 6.92 Å². The van der Waals surface area contributed by atoms with E-state index in [0.29, 0.717) is 27.8 Å². The molecule has 3 rings (SSSR count). The molecule has 9 heteroatoms. The number of halogens is 3. The summed E-state index contributed by atoms with van der Waals surface area (Å²) in [6.07, 6.45) is -3.75. The van der Waals surface area contributed by atoms with Gasteiger partial charge in [-0.2, -0.15) is 22.8 Å². The van der Waals surface area contributed by atoms with Crippen LogP contribution in [0.2, 0.25) is 0 Å². The molecule has 1 aromatic carbocycles. The summed E-state index contributed by atoms with van der Waals surface area (Å²) in [6.45, 7) is 1.92. The summed E-state index contributed by atoms with van der Waals surface area (Å²) in [6, 6.07) is 3.24. The number of alkyl halides is 3. The average Bonchev–Trinajstić information content (AvgIpc) is 2.96. The van der Waals surface area contributed by atoms with Gasteiger partial charge in [0.05, 0.1) is 5.56 Å². The standard InChI is InChI=1S/C12H10F3N5S/c1-2-9-17-18-11-20(9)19-10(21-11)7-4-3-6(5-8(7)16)12(13,14)15/h3-5H,2,16H2,1H3. The molecule has 0 amide bonds. The second-order valence-electron chi connectivity index (χ2n) is 4.37. The molecule has 110 valence electrons. The molecule has 5 nitrogen and oxygen atoms in total. The molecule has 0 saturated carbocycles. The molecule has 0 unspecified atom stereocenters. The number of benzene rings is 1. The van der Waals surface area contributed by atoms with Crippen molar-refractivity contribution in [1.82, 2.24) is 19.8 Å². The largest absolute Gasteiger partial charge is 0.416 e. The van der Waals surface area contributed by atoms with Crippen LogP contribution in [0.5, 0.6) is 0 Å². The molecule has 3 aromatic rings. The van der Waals surface area contributed by atoms with Crippen molar-refractivity contribution in [3.8, 4) is 10.6 Å². The van der Waals surface area contributed by atoms with Crippen LogP contribution in [-0.4, -0.2) is 19.8 Å². The Labute approximate surface area is 121 Å². The average molecular weight is 313 g/mol. The summed E-state index contributed by atoms with van der Waals surface area (Å²) in [7, 11) is 0. The molecule has 21 heavy (non-hydrogen) atoms. The lowest BCUT2D eigenvalue weighted by Gasteiger charge is -2.09. The number of nitrogens with two attached hydrogens (primary N) is 1. The molecule has 0 saturated heterocycles. The number of anilines is 1. The van der Waals surface area contributed by atoms with E-state index >= 15 is 0 Å². The minimum atomic E-state index is -4.41. The lowest BCUT2D eigenvalue weighted by Crippen LogP contribution is -2.06. The van der Waals surface area contributed by atoms with E-state index in [4.69, 9.17) is 5.73 Å². The first kappa shape index (κ1) is 13.8. The van der Waals surface area contributed by atoms with E-state index in [9.17, 15) is 13.2 Å². The summed E-state index contributed by atoms with van der Waals surface area (Å²) in [5, 5.41) is 12.8. The van der Waals surface area contributed by atoms with Crippen molar-refractivity contribution < 1.29 is 13.2 Å². The maximum absolute atomic E-state index is 12.6. The first-order valence-corrected chi connectivity index (χ1v) is 6.90. The van der Waals surface area contributed by atoms with Gasteiger partial charge in [-0.1, -0.05) is 18.3 Å². The van der Waals surface area contributed by atoms with Gasteiger partial charge >= 0.3 is 6.18 Å². The zero-order valence-electron chi connectivity index (χ0n) is 10.8. The summed E-state index contributed by atoms with van der Waals surface area (Å²) in [5.74, 6) is 0.693. The minimum absolute atomic E-state index is 0.0350. The molecule has 0 atom stereocenters. The van der Waals surface area contributed by atoms with Gasteiger partial charge in [-0.05, 0) is 18.2 Å². The fourth-order valence-corrected chi connectivity index (χ4v) is 2.83. The Bertz CT molecular complexity index is 805. The SMILES string of the molecule is CCc1nnc2sc(-c3ccc(C(F)(F)F)cc3N)nn12. The first-order valence-electron chi connectivity index (χ1n) is 6.08. The number of fused-ring (bicyclic) bond motifs is 1. The van der Waals surface area contributed by atoms with Gasteiger partial charge < -0.3 is 5.73 Å². The smallest absolute Gasteiger partial charge is 0.398 e. The summed E-state index contributed by atoms with van der Waals surface area (Å²) in [5.41, 5.74) is 5.45. The van der Waals surface area contributed by atoms with Crippen LogP contribution >= 0.6 is 11.3 Å². The van der Waals surface area contributed by atoms with Crippen LogP contribution in [0.15, 0.2) is 18.2 Å². The Morgan fingerprint density at radius 2 is 2.05 bits per heavy atom. The highest BCUT2D eigenvalue weighted by Gasteiger charge is 2.31. The van der Waals surface area contributed by atoms with E-state index in [-0.39, 0.29) is 5.69 Å². The van der Waals surface area contributed by atoms with Gasteiger partial charge in [0.25, 0.3) is 0 Å². The van der Waals surface area contributed by atoms with Gasteiger partial charge in [0.15, 0.2) is 5.82 Å². The molecular weight excluding hydrogens is 303 g/mol. The lowest BCUT2D eigenvalue weighted by molar-refractivity contribution is -0.137. The molecule has 2 N–H and O–H groups in total. The van der Waals surface area contributed by atoms with Crippen LogP contribution in [0.3, 0.4) is 0 Å². The number of aromatic nitrogens is 4. The number of hydrogen-bond acceptors (Lipinski definition) is 5. The van der Waals surface area contributed by atoms with Gasteiger partial charge in [0.2, 0.25) is 4.96 Å². The van der Waals surface area contributed by atoms with Crippen molar-refractivity contribution in [2.45, 2.75) is 19.5 Å². The Balaban J connectivity index is 2.08. The van der Waals surface area contributed by atoms with E-state index < -0.39 is 11.7 Å². The molecular formula is C12H10F3N5S. The van der Waals surface area contributed by atoms with E-state index in [1.54, 1.807) is 4.52 Å². The summed E-state index contributed by atoms with van der Waals surface area (Å²) >= 11 is 1.23. The van der Waals surface area contributed by atoms with Crippen LogP contribution in [0, 0.1) is 0 Å². The molecule has 0 fully saturated rings. The fraction of sp³-hybridized carbons (Fsp3) is 0.250. The highest BCUT2D eigenvalue weighted by molar-refractivity contribution is 7.19. The van der Waals surface area contributed by atoms with Gasteiger partial charge in [0, 0.05) is 17.7 Å². The Hall–Kier alpha value is -2.16. The monoisotopic (exact) mass is 313 g/mol. The predicted molar refractivity (Wildman–Crippen MR) is 72.9 cm³/mol. The number of nitrogens with zero attached hydrogens (tertiary/aromatic N) is 4. The Morgan fingerprint density at radius 1 is 1.29 bits per heavy atom. The van der Waals surface area contributed by atoms with Gasteiger partial charge in [-0.25, -0.2) is 0 Å². The second-order valence-corrected chi connectivity index (χ2v) is 5.33. The van der Waals surface area contributed by atoms with Crippen molar-refractivity contribution in [3.63, 3.8) is 0 Å². The molecule has 0 bridgehead atoms. The molecule has 0 spiro atoms. The molecule has 0 aliphatic carbocycles. The third kappa shape index (κ3) is 2.33. The normalized spacial score (nSPS) is 12.2. The van der Waals surface area contributed by atoms with Gasteiger partial charge in [0.1, 0.15) is 5.01 Å². The first-order chi connectivity index (χ1) is 9.90. The molecule has 0 aliphatic heterocycles. The highest BCUT2D eigenvalue weighted by Crippen LogP contribution is 2.35. The predicted octanol–water partition coefficient (Wildman–Crippen LogP) is 3.02. The lowest BCUT2D eigenvalue weighted by atomic mass is 10.1. The van der Waals surface area contributed by atoms with Crippen LogP contribution in [0.25, 0.3) is 15.5 Å². The summed E-state index contributed by atoms with van der Waals surface area (Å²) < 4.78 is 39.5. The third-order valence-electron chi connectivity index (χ3n) is 2.98. The van der Waals surface area contributed by atoms with E-state index in [1.165, 1.54) is 17.4 Å². The zero-order valence-corrected chi connectivity index (χ0v) is 11.7. The molecule has 0 radical (unpaired) electrons. The van der Waals surface area contributed by atoms with Crippen LogP contribution in [0.4, 0.5) is 18.9 Å². The molecule has 0 aliphatic rings. The van der Waals surface area contributed by atoms with E-state index in [2.05, 4.69) is 15.3 Å². The van der Waals surface area contributed by atoms with Gasteiger partial charge in [-0.15, -0.1) is 10.2 Å².